The van der Waals surface area contributed by atoms with Gasteiger partial charge in [-0.1, -0.05) is 38.1 Å². The highest BCUT2D eigenvalue weighted by molar-refractivity contribution is 5.91. The summed E-state index contributed by atoms with van der Waals surface area (Å²) >= 11 is 0. The van der Waals surface area contributed by atoms with Gasteiger partial charge in [0.2, 0.25) is 0 Å². The third kappa shape index (κ3) is 4.19. The van der Waals surface area contributed by atoms with Crippen molar-refractivity contribution < 1.29 is 9.53 Å². The van der Waals surface area contributed by atoms with E-state index in [2.05, 4.69) is 30.4 Å². The molecule has 1 aliphatic rings. The van der Waals surface area contributed by atoms with Gasteiger partial charge in [0.15, 0.2) is 0 Å². The lowest BCUT2D eigenvalue weighted by Gasteiger charge is -2.22. The summed E-state index contributed by atoms with van der Waals surface area (Å²) in [5, 5.41) is 2.98. The van der Waals surface area contributed by atoms with Crippen molar-refractivity contribution in [3.8, 4) is 5.69 Å². The molecule has 0 saturated heterocycles. The first-order chi connectivity index (χ1) is 14.6. The van der Waals surface area contributed by atoms with Gasteiger partial charge in [0.1, 0.15) is 0 Å². The molecule has 0 aliphatic carbocycles. The third-order valence-corrected chi connectivity index (χ3v) is 5.72. The Morgan fingerprint density at radius 2 is 1.71 bits per heavy atom. The van der Waals surface area contributed by atoms with E-state index >= 15 is 0 Å². The van der Waals surface area contributed by atoms with Crippen LogP contribution in [0, 0.1) is 13.8 Å². The lowest BCUT2D eigenvalue weighted by molar-refractivity contribution is 0.0600. The summed E-state index contributed by atoms with van der Waals surface area (Å²) in [5.41, 5.74) is 6.60. The second kappa shape index (κ2) is 8.30. The number of hydrogen-bond acceptors (Lipinski definition) is 4. The number of nitrogens with one attached hydrogen (secondary N) is 1. The van der Waals surface area contributed by atoms with Crippen LogP contribution in [0.1, 0.15) is 41.0 Å². The van der Waals surface area contributed by atoms with Crippen molar-refractivity contribution in [1.29, 1.82) is 0 Å². The molecule has 2 heterocycles. The van der Waals surface area contributed by atoms with Crippen molar-refractivity contribution in [3.05, 3.63) is 93.5 Å². The van der Waals surface area contributed by atoms with Gasteiger partial charge in [-0.2, -0.15) is 0 Å². The Bertz CT molecular complexity index is 1180. The number of hydrogen-bond donors (Lipinski definition) is 1. The van der Waals surface area contributed by atoms with Crippen LogP contribution in [0.4, 0.5) is 5.69 Å². The lowest BCUT2D eigenvalue weighted by atomic mass is 9.84. The Morgan fingerprint density at radius 1 is 1.06 bits per heavy atom. The average molecular weight is 420 g/mol. The Labute approximate surface area is 182 Å². The molecule has 6 nitrogen and oxygen atoms in total. The first-order valence-electron chi connectivity index (χ1n) is 10.1. The molecule has 0 fully saturated rings. The average Bonchev–Trinajstić information content (AvgIpc) is 3.17. The van der Waals surface area contributed by atoms with Crippen LogP contribution >= 0.6 is 0 Å². The van der Waals surface area contributed by atoms with Gasteiger partial charge in [-0.25, -0.2) is 9.48 Å². The van der Waals surface area contributed by atoms with Gasteiger partial charge < -0.3 is 9.64 Å². The summed E-state index contributed by atoms with van der Waals surface area (Å²) in [7, 11) is 3.39. The number of carbonyl (C=O) groups is 1. The molecular weight excluding hydrogens is 390 g/mol. The molecule has 1 N–H and O–H groups in total. The summed E-state index contributed by atoms with van der Waals surface area (Å²) in [4.78, 5) is 25.1. The van der Waals surface area contributed by atoms with E-state index in [1.54, 1.807) is 12.1 Å². The molecule has 4 rings (SSSR count). The topological polar surface area (TPSA) is 67.3 Å². The lowest BCUT2D eigenvalue weighted by Crippen LogP contribution is -2.21. The standard InChI is InChI=1S/C14H17NO2.C11H12N2O/c1-9-14(2,3)11-8-10(13(16)17-5)6-7-12(11)15(9)4;1-8-3-5-10(6-4-8)13-11(14)7-9(2)12-13/h6-8H,1H2,2-5H3;3-7,12H,1-2H3. The second-order valence-corrected chi connectivity index (χ2v) is 8.30. The van der Waals surface area contributed by atoms with E-state index in [1.807, 2.05) is 57.3 Å². The number of benzene rings is 2. The molecule has 0 amide bonds. The predicted octanol–water partition coefficient (Wildman–Crippen LogP) is 4.50. The van der Waals surface area contributed by atoms with Gasteiger partial charge >= 0.3 is 5.97 Å². The maximum absolute atomic E-state index is 11.5. The van der Waals surface area contributed by atoms with E-state index in [1.165, 1.54) is 17.4 Å². The Morgan fingerprint density at radius 3 is 2.26 bits per heavy atom. The normalized spacial score (nSPS) is 14.0. The van der Waals surface area contributed by atoms with Crippen LogP contribution in [0.25, 0.3) is 5.69 Å². The van der Waals surface area contributed by atoms with Crippen molar-refractivity contribution in [2.45, 2.75) is 33.1 Å². The minimum Gasteiger partial charge on any atom is -0.465 e. The van der Waals surface area contributed by atoms with Crippen LogP contribution in [0.3, 0.4) is 0 Å². The van der Waals surface area contributed by atoms with Crippen LogP contribution < -0.4 is 10.5 Å². The zero-order valence-corrected chi connectivity index (χ0v) is 18.9. The summed E-state index contributed by atoms with van der Waals surface area (Å²) < 4.78 is 6.28. The first kappa shape index (κ1) is 22.2. The van der Waals surface area contributed by atoms with Gasteiger partial charge in [0.05, 0.1) is 18.4 Å². The highest BCUT2D eigenvalue weighted by Gasteiger charge is 2.37. The fourth-order valence-electron chi connectivity index (χ4n) is 3.69. The molecule has 162 valence electrons. The van der Waals surface area contributed by atoms with Gasteiger partial charge in [0.25, 0.3) is 5.56 Å². The van der Waals surface area contributed by atoms with E-state index in [-0.39, 0.29) is 16.9 Å². The number of ether oxygens (including phenoxy) is 1. The van der Waals surface area contributed by atoms with E-state index in [0.717, 1.165) is 28.3 Å². The number of allylic oxidation sites excluding steroid dienone is 1. The molecule has 0 radical (unpaired) electrons. The monoisotopic (exact) mass is 419 g/mol. The number of aromatic nitrogens is 2. The van der Waals surface area contributed by atoms with Crippen LogP contribution in [0.5, 0.6) is 0 Å². The minimum absolute atomic E-state index is 0.0219. The number of anilines is 1. The largest absolute Gasteiger partial charge is 0.465 e. The van der Waals surface area contributed by atoms with E-state index in [4.69, 9.17) is 4.74 Å². The molecule has 6 heteroatoms. The number of aryl methyl sites for hydroxylation is 2. The van der Waals surface area contributed by atoms with Gasteiger partial charge in [-0.05, 0) is 49.7 Å². The number of fused-ring (bicyclic) bond motifs is 1. The number of carbonyl (C=O) groups excluding carboxylic acids is 1. The number of likely N-dealkylation sites (N-methyl/N-ethyl adjacent to an activating group) is 1. The number of esters is 1. The Hall–Kier alpha value is -3.54. The predicted molar refractivity (Wildman–Crippen MR) is 124 cm³/mol. The van der Waals surface area contributed by atoms with Crippen LogP contribution in [0.15, 0.2) is 65.6 Å². The summed E-state index contributed by atoms with van der Waals surface area (Å²) in [6.45, 7) is 12.2. The molecule has 1 aromatic heterocycles. The maximum atomic E-state index is 11.5. The van der Waals surface area contributed by atoms with E-state index < -0.39 is 0 Å². The van der Waals surface area contributed by atoms with Gasteiger partial charge in [-0.3, -0.25) is 9.89 Å². The van der Waals surface area contributed by atoms with Crippen LogP contribution in [0.2, 0.25) is 0 Å². The Balaban J connectivity index is 0.000000179. The molecule has 0 atom stereocenters. The number of rotatable bonds is 2. The van der Waals surface area contributed by atoms with Crippen molar-refractivity contribution in [3.63, 3.8) is 0 Å². The molecule has 1 aliphatic heterocycles. The van der Waals surface area contributed by atoms with Crippen LogP contribution in [-0.2, 0) is 10.2 Å². The zero-order valence-electron chi connectivity index (χ0n) is 18.9. The summed E-state index contributed by atoms with van der Waals surface area (Å²) in [6, 6.07) is 15.0. The molecule has 0 bridgehead atoms. The summed E-state index contributed by atoms with van der Waals surface area (Å²) in [6.07, 6.45) is 0. The minimum atomic E-state index is -0.302. The summed E-state index contributed by atoms with van der Waals surface area (Å²) in [5.74, 6) is -0.302. The first-order valence-corrected chi connectivity index (χ1v) is 10.1. The third-order valence-electron chi connectivity index (χ3n) is 5.72. The quantitative estimate of drug-likeness (QED) is 0.621. The molecular formula is C25H29N3O3. The molecule has 0 spiro atoms. The molecule has 2 aromatic carbocycles. The van der Waals surface area contributed by atoms with E-state index in [9.17, 15) is 9.59 Å². The highest BCUT2D eigenvalue weighted by Crippen LogP contribution is 2.46. The second-order valence-electron chi connectivity index (χ2n) is 8.30. The van der Waals surface area contributed by atoms with Crippen LogP contribution in [-0.4, -0.2) is 29.9 Å². The van der Waals surface area contributed by atoms with Crippen molar-refractivity contribution in [2.24, 2.45) is 0 Å². The van der Waals surface area contributed by atoms with Crippen molar-refractivity contribution in [1.82, 2.24) is 9.78 Å². The zero-order chi connectivity index (χ0) is 22.9. The van der Waals surface area contributed by atoms with Crippen molar-refractivity contribution in [2.75, 3.05) is 19.1 Å². The molecule has 0 unspecified atom stereocenters. The number of H-pyrrole nitrogens is 1. The number of nitrogens with zero attached hydrogens (tertiary/aromatic N) is 2. The fourth-order valence-corrected chi connectivity index (χ4v) is 3.69. The number of aromatic amines is 1. The van der Waals surface area contributed by atoms with E-state index in [0.29, 0.717) is 5.56 Å². The maximum Gasteiger partial charge on any atom is 0.337 e. The molecule has 31 heavy (non-hydrogen) atoms. The molecule has 3 aromatic rings. The fraction of sp³-hybridized carbons (Fsp3) is 0.280. The van der Waals surface area contributed by atoms with Gasteiger partial charge in [-0.15, -0.1) is 0 Å². The molecule has 0 saturated carbocycles. The SMILES string of the molecule is C=C1N(C)c2ccc(C(=O)OC)cc2C1(C)C.Cc1ccc(-n2[nH]c(C)cc2=O)cc1. The number of methoxy groups -OCH3 is 1. The Kier molecular flexibility index (Phi) is 5.93. The van der Waals surface area contributed by atoms with Gasteiger partial charge in [0, 0.05) is 35.6 Å². The smallest absolute Gasteiger partial charge is 0.337 e. The highest BCUT2D eigenvalue weighted by atomic mass is 16.5. The van der Waals surface area contributed by atoms with Crippen molar-refractivity contribution >= 4 is 11.7 Å².